The standard InChI is InChI=1S/C17H28N2O/c1-3-11-19-12-5-4-6-15(13-18)17(19)14-7-9-16(20-2)10-8-14/h7-10,15,17H,3-6,11-13,18H2,1-2H3. The Morgan fingerprint density at radius 3 is 2.60 bits per heavy atom. The van der Waals surface area contributed by atoms with E-state index in [9.17, 15) is 0 Å². The lowest BCUT2D eigenvalue weighted by molar-refractivity contribution is 0.158. The molecule has 112 valence electrons. The van der Waals surface area contributed by atoms with Crippen molar-refractivity contribution in [2.24, 2.45) is 11.7 Å². The average molecular weight is 276 g/mol. The predicted octanol–water partition coefficient (Wildman–Crippen LogP) is 3.21. The Morgan fingerprint density at radius 1 is 1.25 bits per heavy atom. The van der Waals surface area contributed by atoms with Crippen LogP contribution in [0.5, 0.6) is 5.75 Å². The molecule has 3 heteroatoms. The molecule has 1 heterocycles. The summed E-state index contributed by atoms with van der Waals surface area (Å²) >= 11 is 0. The predicted molar refractivity (Wildman–Crippen MR) is 84.0 cm³/mol. The minimum atomic E-state index is 0.466. The minimum Gasteiger partial charge on any atom is -0.497 e. The smallest absolute Gasteiger partial charge is 0.118 e. The van der Waals surface area contributed by atoms with Crippen molar-refractivity contribution in [2.75, 3.05) is 26.7 Å². The molecule has 1 aliphatic rings. The van der Waals surface area contributed by atoms with Gasteiger partial charge in [-0.25, -0.2) is 0 Å². The fourth-order valence-electron chi connectivity index (χ4n) is 3.39. The van der Waals surface area contributed by atoms with Crippen molar-refractivity contribution >= 4 is 0 Å². The summed E-state index contributed by atoms with van der Waals surface area (Å²) in [7, 11) is 1.72. The second-order valence-electron chi connectivity index (χ2n) is 5.75. The molecule has 3 nitrogen and oxygen atoms in total. The van der Waals surface area contributed by atoms with E-state index in [2.05, 4.69) is 36.1 Å². The van der Waals surface area contributed by atoms with Gasteiger partial charge in [-0.15, -0.1) is 0 Å². The van der Waals surface area contributed by atoms with Crippen LogP contribution in [-0.2, 0) is 0 Å². The van der Waals surface area contributed by atoms with E-state index in [0.717, 1.165) is 18.8 Å². The van der Waals surface area contributed by atoms with Gasteiger partial charge in [-0.3, -0.25) is 4.90 Å². The zero-order valence-electron chi connectivity index (χ0n) is 12.8. The highest BCUT2D eigenvalue weighted by Crippen LogP contribution is 2.35. The summed E-state index contributed by atoms with van der Waals surface area (Å²) in [6, 6.07) is 9.02. The summed E-state index contributed by atoms with van der Waals surface area (Å²) in [6.07, 6.45) is 5.04. The molecule has 0 amide bonds. The lowest BCUT2D eigenvalue weighted by atomic mass is 9.89. The molecule has 0 radical (unpaired) electrons. The van der Waals surface area contributed by atoms with Gasteiger partial charge in [0.05, 0.1) is 7.11 Å². The molecule has 0 saturated carbocycles. The van der Waals surface area contributed by atoms with E-state index in [1.165, 1.54) is 37.8 Å². The van der Waals surface area contributed by atoms with Crippen molar-refractivity contribution in [3.8, 4) is 5.75 Å². The first-order chi connectivity index (χ1) is 9.80. The van der Waals surface area contributed by atoms with Crippen LogP contribution in [-0.4, -0.2) is 31.6 Å². The third-order valence-electron chi connectivity index (χ3n) is 4.38. The highest BCUT2D eigenvalue weighted by Gasteiger charge is 2.29. The number of rotatable bonds is 5. The summed E-state index contributed by atoms with van der Waals surface area (Å²) in [5, 5.41) is 0. The SMILES string of the molecule is CCCN1CCCCC(CN)C1c1ccc(OC)cc1. The van der Waals surface area contributed by atoms with Gasteiger partial charge in [0.25, 0.3) is 0 Å². The first-order valence-corrected chi connectivity index (χ1v) is 7.88. The summed E-state index contributed by atoms with van der Waals surface area (Å²) in [5.74, 6) is 1.49. The van der Waals surface area contributed by atoms with Gasteiger partial charge in [-0.05, 0) is 62.5 Å². The summed E-state index contributed by atoms with van der Waals surface area (Å²) in [6.45, 7) is 5.39. The van der Waals surface area contributed by atoms with Crippen LogP contribution in [0.1, 0.15) is 44.2 Å². The Bertz CT molecular complexity index is 390. The first-order valence-electron chi connectivity index (χ1n) is 7.88. The van der Waals surface area contributed by atoms with Crippen LogP contribution in [0.3, 0.4) is 0 Å². The maximum absolute atomic E-state index is 6.06. The van der Waals surface area contributed by atoms with E-state index in [1.54, 1.807) is 7.11 Å². The fourth-order valence-corrected chi connectivity index (χ4v) is 3.39. The van der Waals surface area contributed by atoms with Gasteiger partial charge in [-0.1, -0.05) is 25.5 Å². The van der Waals surface area contributed by atoms with E-state index in [0.29, 0.717) is 12.0 Å². The van der Waals surface area contributed by atoms with Crippen molar-refractivity contribution in [1.82, 2.24) is 4.90 Å². The van der Waals surface area contributed by atoms with Crippen LogP contribution in [0, 0.1) is 5.92 Å². The van der Waals surface area contributed by atoms with Crippen molar-refractivity contribution in [1.29, 1.82) is 0 Å². The van der Waals surface area contributed by atoms with Gasteiger partial charge in [-0.2, -0.15) is 0 Å². The largest absolute Gasteiger partial charge is 0.497 e. The van der Waals surface area contributed by atoms with E-state index in [1.807, 2.05) is 0 Å². The lowest BCUT2D eigenvalue weighted by Gasteiger charge is -2.35. The van der Waals surface area contributed by atoms with Crippen LogP contribution in [0.15, 0.2) is 24.3 Å². The van der Waals surface area contributed by atoms with Gasteiger partial charge >= 0.3 is 0 Å². The molecule has 2 unspecified atom stereocenters. The number of benzene rings is 1. The second-order valence-corrected chi connectivity index (χ2v) is 5.75. The van der Waals surface area contributed by atoms with E-state index in [4.69, 9.17) is 10.5 Å². The Morgan fingerprint density at radius 2 is 2.00 bits per heavy atom. The van der Waals surface area contributed by atoms with Crippen molar-refractivity contribution in [3.63, 3.8) is 0 Å². The maximum Gasteiger partial charge on any atom is 0.118 e. The third-order valence-corrected chi connectivity index (χ3v) is 4.38. The molecule has 0 aromatic heterocycles. The van der Waals surface area contributed by atoms with Crippen LogP contribution >= 0.6 is 0 Å². The zero-order valence-corrected chi connectivity index (χ0v) is 12.8. The number of nitrogens with two attached hydrogens (primary N) is 1. The molecular weight excluding hydrogens is 248 g/mol. The van der Waals surface area contributed by atoms with Crippen LogP contribution in [0.25, 0.3) is 0 Å². The number of hydrogen-bond donors (Lipinski definition) is 1. The van der Waals surface area contributed by atoms with E-state index >= 15 is 0 Å². The molecular formula is C17H28N2O. The van der Waals surface area contributed by atoms with Crippen molar-refractivity contribution in [3.05, 3.63) is 29.8 Å². The van der Waals surface area contributed by atoms with E-state index in [-0.39, 0.29) is 0 Å². The lowest BCUT2D eigenvalue weighted by Crippen LogP contribution is -2.36. The molecule has 1 aromatic rings. The molecule has 2 N–H and O–H groups in total. The number of likely N-dealkylation sites (tertiary alicyclic amines) is 1. The Balaban J connectivity index is 2.27. The Hall–Kier alpha value is -1.06. The number of hydrogen-bond acceptors (Lipinski definition) is 3. The quantitative estimate of drug-likeness (QED) is 0.897. The molecule has 1 fully saturated rings. The third kappa shape index (κ3) is 3.53. The molecule has 0 spiro atoms. The summed E-state index contributed by atoms with van der Waals surface area (Å²) in [4.78, 5) is 2.63. The van der Waals surface area contributed by atoms with Crippen LogP contribution in [0.2, 0.25) is 0 Å². The number of ether oxygens (including phenoxy) is 1. The highest BCUT2D eigenvalue weighted by molar-refractivity contribution is 5.29. The average Bonchev–Trinajstić information content (AvgIpc) is 2.70. The monoisotopic (exact) mass is 276 g/mol. The fraction of sp³-hybridized carbons (Fsp3) is 0.647. The topological polar surface area (TPSA) is 38.5 Å². The maximum atomic E-state index is 6.06. The Kier molecular flexibility index (Phi) is 5.86. The summed E-state index contributed by atoms with van der Waals surface area (Å²) < 4.78 is 5.27. The van der Waals surface area contributed by atoms with Crippen LogP contribution in [0.4, 0.5) is 0 Å². The Labute approximate surface area is 123 Å². The minimum absolute atomic E-state index is 0.466. The molecule has 1 aliphatic heterocycles. The molecule has 0 bridgehead atoms. The van der Waals surface area contributed by atoms with Gasteiger partial charge < -0.3 is 10.5 Å². The molecule has 20 heavy (non-hydrogen) atoms. The molecule has 2 atom stereocenters. The second kappa shape index (κ2) is 7.65. The normalized spacial score (nSPS) is 24.4. The van der Waals surface area contributed by atoms with Crippen LogP contribution < -0.4 is 10.5 Å². The van der Waals surface area contributed by atoms with Crippen molar-refractivity contribution < 1.29 is 4.74 Å². The summed E-state index contributed by atoms with van der Waals surface area (Å²) in [5.41, 5.74) is 7.45. The molecule has 2 rings (SSSR count). The van der Waals surface area contributed by atoms with E-state index < -0.39 is 0 Å². The molecule has 1 aromatic carbocycles. The molecule has 0 aliphatic carbocycles. The van der Waals surface area contributed by atoms with Crippen molar-refractivity contribution in [2.45, 2.75) is 38.6 Å². The van der Waals surface area contributed by atoms with Gasteiger partial charge in [0.15, 0.2) is 0 Å². The molecule has 1 saturated heterocycles. The number of methoxy groups -OCH3 is 1. The van der Waals surface area contributed by atoms with Gasteiger partial charge in [0.2, 0.25) is 0 Å². The zero-order chi connectivity index (χ0) is 14.4. The first kappa shape index (κ1) is 15.3. The number of nitrogens with zero attached hydrogens (tertiary/aromatic N) is 1. The van der Waals surface area contributed by atoms with Gasteiger partial charge in [0.1, 0.15) is 5.75 Å². The highest BCUT2D eigenvalue weighted by atomic mass is 16.5. The van der Waals surface area contributed by atoms with Gasteiger partial charge in [0, 0.05) is 6.04 Å².